The van der Waals surface area contributed by atoms with Crippen LogP contribution < -0.4 is 0 Å². The fourth-order valence-corrected chi connectivity index (χ4v) is 2.69. The molecule has 1 atom stereocenters. The third-order valence-electron chi connectivity index (χ3n) is 4.00. The number of aromatic nitrogens is 1. The van der Waals surface area contributed by atoms with E-state index in [-0.39, 0.29) is 12.4 Å². The first-order valence-corrected chi connectivity index (χ1v) is 8.44. The summed E-state index contributed by atoms with van der Waals surface area (Å²) < 4.78 is 4.86. The number of carbonyl (C=O) groups is 1. The lowest BCUT2D eigenvalue weighted by Crippen LogP contribution is -2.12. The van der Waals surface area contributed by atoms with E-state index in [4.69, 9.17) is 9.73 Å². The maximum Gasteiger partial charge on any atom is 0.308 e. The molecule has 1 aromatic heterocycles. The first-order chi connectivity index (χ1) is 12.8. The molecule has 4 heteroatoms. The second-order valence-corrected chi connectivity index (χ2v) is 5.76. The smallest absolute Gasteiger partial charge is 0.308 e. The molecule has 0 spiro atoms. The van der Waals surface area contributed by atoms with Gasteiger partial charge < -0.3 is 4.74 Å². The predicted octanol–water partition coefficient (Wildman–Crippen LogP) is 4.22. The summed E-state index contributed by atoms with van der Waals surface area (Å²) in [6, 6.07) is 25.1. The number of pyridine rings is 1. The fraction of sp³-hybridized carbons (Fsp3) is 0.136. The molecule has 0 bridgehead atoms. The van der Waals surface area contributed by atoms with Crippen molar-refractivity contribution < 1.29 is 9.53 Å². The van der Waals surface area contributed by atoms with Gasteiger partial charge in [0.05, 0.1) is 24.9 Å². The average molecular weight is 344 g/mol. The Hall–Kier alpha value is -3.27. The Balaban J connectivity index is 2.09. The highest BCUT2D eigenvalue weighted by Crippen LogP contribution is 2.23. The van der Waals surface area contributed by atoms with Crippen LogP contribution >= 0.6 is 0 Å². The lowest BCUT2D eigenvalue weighted by molar-refractivity contribution is -0.141. The molecular weight excluding hydrogens is 324 g/mol. The molecule has 0 aliphatic carbocycles. The standard InChI is InChI=1S/C22H20N2O2/c1-26-21(25)16-20(19-14-8-9-15-23-19)24-22(17-10-4-2-5-11-17)18-12-6-3-7-13-18/h2-15,20H,16H2,1H3. The number of carbonyl (C=O) groups excluding carboxylic acids is 1. The van der Waals surface area contributed by atoms with Gasteiger partial charge in [0.15, 0.2) is 0 Å². The predicted molar refractivity (Wildman–Crippen MR) is 102 cm³/mol. The number of rotatable bonds is 6. The number of esters is 1. The van der Waals surface area contributed by atoms with Gasteiger partial charge in [0.2, 0.25) is 0 Å². The first-order valence-electron chi connectivity index (χ1n) is 8.44. The van der Waals surface area contributed by atoms with Gasteiger partial charge in [-0.15, -0.1) is 0 Å². The van der Waals surface area contributed by atoms with Gasteiger partial charge in [-0.2, -0.15) is 0 Å². The second-order valence-electron chi connectivity index (χ2n) is 5.76. The van der Waals surface area contributed by atoms with Crippen LogP contribution in [0.25, 0.3) is 0 Å². The van der Waals surface area contributed by atoms with Crippen LogP contribution in [0.3, 0.4) is 0 Å². The van der Waals surface area contributed by atoms with Crippen LogP contribution in [0.4, 0.5) is 0 Å². The van der Waals surface area contributed by atoms with Crippen LogP contribution in [0.15, 0.2) is 90.1 Å². The van der Waals surface area contributed by atoms with Gasteiger partial charge in [-0.3, -0.25) is 14.8 Å². The van der Waals surface area contributed by atoms with Crippen LogP contribution in [0, 0.1) is 0 Å². The minimum atomic E-state index is -0.418. The average Bonchev–Trinajstić information content (AvgIpc) is 2.72. The van der Waals surface area contributed by atoms with E-state index in [2.05, 4.69) is 4.98 Å². The van der Waals surface area contributed by atoms with Crippen molar-refractivity contribution in [2.75, 3.05) is 7.11 Å². The van der Waals surface area contributed by atoms with E-state index < -0.39 is 6.04 Å². The van der Waals surface area contributed by atoms with Crippen molar-refractivity contribution in [1.82, 2.24) is 4.98 Å². The number of methoxy groups -OCH3 is 1. The van der Waals surface area contributed by atoms with E-state index in [1.54, 1.807) is 6.20 Å². The summed E-state index contributed by atoms with van der Waals surface area (Å²) in [5.41, 5.74) is 3.54. The van der Waals surface area contributed by atoms with Crippen molar-refractivity contribution in [1.29, 1.82) is 0 Å². The van der Waals surface area contributed by atoms with Gasteiger partial charge in [-0.25, -0.2) is 0 Å². The lowest BCUT2D eigenvalue weighted by Gasteiger charge is -2.15. The lowest BCUT2D eigenvalue weighted by atomic mass is 10.0. The summed E-state index contributed by atoms with van der Waals surface area (Å²) in [5.74, 6) is -0.315. The van der Waals surface area contributed by atoms with Crippen molar-refractivity contribution in [3.05, 3.63) is 102 Å². The highest BCUT2D eigenvalue weighted by atomic mass is 16.5. The van der Waals surface area contributed by atoms with E-state index in [1.807, 2.05) is 78.9 Å². The van der Waals surface area contributed by atoms with Crippen molar-refractivity contribution in [3.8, 4) is 0 Å². The Morgan fingerprint density at radius 1 is 0.923 bits per heavy atom. The minimum Gasteiger partial charge on any atom is -0.469 e. The molecule has 1 heterocycles. The van der Waals surface area contributed by atoms with Gasteiger partial charge in [-0.1, -0.05) is 66.7 Å². The summed E-state index contributed by atoms with van der Waals surface area (Å²) in [6.45, 7) is 0. The fourth-order valence-electron chi connectivity index (χ4n) is 2.69. The van der Waals surface area contributed by atoms with Crippen LogP contribution in [-0.2, 0) is 9.53 Å². The molecule has 2 aromatic carbocycles. The first kappa shape index (κ1) is 17.5. The third-order valence-corrected chi connectivity index (χ3v) is 4.00. The van der Waals surface area contributed by atoms with Gasteiger partial charge >= 0.3 is 5.97 Å². The zero-order valence-electron chi connectivity index (χ0n) is 14.6. The van der Waals surface area contributed by atoms with Crippen LogP contribution in [0.5, 0.6) is 0 Å². The Labute approximate surface area is 153 Å². The third kappa shape index (κ3) is 4.42. The van der Waals surface area contributed by atoms with E-state index in [1.165, 1.54) is 7.11 Å². The highest BCUT2D eigenvalue weighted by molar-refractivity contribution is 6.13. The van der Waals surface area contributed by atoms with Crippen molar-refractivity contribution >= 4 is 11.7 Å². The summed E-state index contributed by atoms with van der Waals surface area (Å²) in [6.07, 6.45) is 1.84. The molecule has 0 saturated heterocycles. The molecule has 0 N–H and O–H groups in total. The molecule has 130 valence electrons. The van der Waals surface area contributed by atoms with Gasteiger partial charge in [0, 0.05) is 17.3 Å². The Morgan fingerprint density at radius 2 is 1.50 bits per heavy atom. The minimum absolute atomic E-state index is 0.136. The number of hydrogen-bond acceptors (Lipinski definition) is 4. The second kappa shape index (κ2) is 8.72. The molecule has 0 aliphatic rings. The van der Waals surface area contributed by atoms with Gasteiger partial charge in [-0.05, 0) is 12.1 Å². The molecular formula is C22H20N2O2. The van der Waals surface area contributed by atoms with E-state index in [0.717, 1.165) is 22.5 Å². The molecule has 0 radical (unpaired) electrons. The van der Waals surface area contributed by atoms with Crippen LogP contribution in [0.1, 0.15) is 29.3 Å². The van der Waals surface area contributed by atoms with E-state index in [0.29, 0.717) is 0 Å². The molecule has 0 aliphatic heterocycles. The maximum absolute atomic E-state index is 11.9. The Kier molecular flexibility index (Phi) is 5.88. The Bertz CT molecular complexity index is 821. The molecule has 3 aromatic rings. The Morgan fingerprint density at radius 3 is 2.00 bits per heavy atom. The van der Waals surface area contributed by atoms with Crippen molar-refractivity contribution in [2.24, 2.45) is 4.99 Å². The van der Waals surface area contributed by atoms with Crippen molar-refractivity contribution in [2.45, 2.75) is 12.5 Å². The van der Waals surface area contributed by atoms with E-state index >= 15 is 0 Å². The maximum atomic E-state index is 11.9. The molecule has 0 amide bonds. The van der Waals surface area contributed by atoms with E-state index in [9.17, 15) is 4.79 Å². The number of ether oxygens (including phenoxy) is 1. The summed E-state index contributed by atoms with van der Waals surface area (Å²) >= 11 is 0. The molecule has 1 unspecified atom stereocenters. The zero-order valence-corrected chi connectivity index (χ0v) is 14.6. The van der Waals surface area contributed by atoms with Gasteiger partial charge in [0.25, 0.3) is 0 Å². The SMILES string of the molecule is COC(=O)CC(N=C(c1ccccc1)c1ccccc1)c1ccccn1. The number of nitrogens with zero attached hydrogens (tertiary/aromatic N) is 2. The van der Waals surface area contributed by atoms with Crippen molar-refractivity contribution in [3.63, 3.8) is 0 Å². The molecule has 3 rings (SSSR count). The summed E-state index contributed by atoms with van der Waals surface area (Å²) in [5, 5.41) is 0. The number of aliphatic imine (C=N–C) groups is 1. The molecule has 0 saturated carbocycles. The molecule has 26 heavy (non-hydrogen) atoms. The summed E-state index contributed by atoms with van der Waals surface area (Å²) in [4.78, 5) is 21.3. The normalized spacial score (nSPS) is 11.4. The van der Waals surface area contributed by atoms with Crippen LogP contribution in [0.2, 0.25) is 0 Å². The zero-order chi connectivity index (χ0) is 18.2. The number of benzene rings is 2. The van der Waals surface area contributed by atoms with Crippen LogP contribution in [-0.4, -0.2) is 23.8 Å². The van der Waals surface area contributed by atoms with Gasteiger partial charge in [0.1, 0.15) is 6.04 Å². The quantitative estimate of drug-likeness (QED) is 0.497. The number of hydrogen-bond donors (Lipinski definition) is 0. The molecule has 0 fully saturated rings. The highest BCUT2D eigenvalue weighted by Gasteiger charge is 2.19. The largest absolute Gasteiger partial charge is 0.469 e. The molecule has 4 nitrogen and oxygen atoms in total. The topological polar surface area (TPSA) is 51.5 Å². The monoisotopic (exact) mass is 344 g/mol. The summed E-state index contributed by atoms with van der Waals surface area (Å²) in [7, 11) is 1.39.